The largest absolute Gasteiger partial charge is 0.368 e. The van der Waals surface area contributed by atoms with Crippen LogP contribution in [-0.2, 0) is 0 Å². The molecule has 0 spiro atoms. The van der Waals surface area contributed by atoms with Crippen molar-refractivity contribution in [2.24, 2.45) is 0 Å². The van der Waals surface area contributed by atoms with Crippen molar-refractivity contribution < 1.29 is 0 Å². The van der Waals surface area contributed by atoms with Gasteiger partial charge < -0.3 is 5.32 Å². The lowest BCUT2D eigenvalue weighted by Crippen LogP contribution is -1.88. The molecule has 0 aliphatic heterocycles. The molecule has 11 heavy (non-hydrogen) atoms. The van der Waals surface area contributed by atoms with E-state index in [4.69, 9.17) is 0 Å². The molecule has 0 aliphatic carbocycles. The van der Waals surface area contributed by atoms with Crippen LogP contribution in [0.4, 0.5) is 0 Å². The minimum absolute atomic E-state index is 1.24. The smallest absolute Gasteiger partial charge is 0.000671 e. The van der Waals surface area contributed by atoms with Gasteiger partial charge in [0.1, 0.15) is 0 Å². The molecular formula is C10H19N. The summed E-state index contributed by atoms with van der Waals surface area (Å²) in [4.78, 5) is 0. The second-order valence-electron chi connectivity index (χ2n) is 1.74. The van der Waals surface area contributed by atoms with Crippen molar-refractivity contribution in [2.45, 2.75) is 27.7 Å². The molecule has 0 rings (SSSR count). The van der Waals surface area contributed by atoms with Crippen LogP contribution in [-0.4, -0.2) is 0 Å². The van der Waals surface area contributed by atoms with Crippen molar-refractivity contribution in [3.63, 3.8) is 0 Å². The minimum Gasteiger partial charge on any atom is -0.368 e. The standard InChI is InChI=1S/C8H13N.C2H6/c1-4-8(3)6-7-9-5-2;1-2/h4-7,9H,2H2,1,3H3;1-2H3/b7-6-,8-4-;. The van der Waals surface area contributed by atoms with Gasteiger partial charge in [-0.1, -0.05) is 32.1 Å². The number of rotatable bonds is 3. The summed E-state index contributed by atoms with van der Waals surface area (Å²) in [6.45, 7) is 11.6. The van der Waals surface area contributed by atoms with Gasteiger partial charge in [-0.2, -0.15) is 0 Å². The van der Waals surface area contributed by atoms with E-state index in [1.807, 2.05) is 46.0 Å². The highest BCUT2D eigenvalue weighted by atomic mass is 14.8. The van der Waals surface area contributed by atoms with Gasteiger partial charge in [0.2, 0.25) is 0 Å². The molecule has 0 bridgehead atoms. The number of hydrogen-bond acceptors (Lipinski definition) is 1. The first-order valence-electron chi connectivity index (χ1n) is 3.97. The molecule has 1 heteroatoms. The van der Waals surface area contributed by atoms with Crippen molar-refractivity contribution in [3.05, 3.63) is 36.7 Å². The van der Waals surface area contributed by atoms with E-state index in [1.165, 1.54) is 5.57 Å². The summed E-state index contributed by atoms with van der Waals surface area (Å²) in [5, 5.41) is 2.86. The molecule has 0 fully saturated rings. The highest BCUT2D eigenvalue weighted by molar-refractivity contribution is 5.14. The van der Waals surface area contributed by atoms with Crippen LogP contribution in [0.1, 0.15) is 27.7 Å². The predicted molar refractivity (Wildman–Crippen MR) is 53.3 cm³/mol. The van der Waals surface area contributed by atoms with Crippen molar-refractivity contribution in [1.29, 1.82) is 0 Å². The van der Waals surface area contributed by atoms with Crippen LogP contribution in [0.25, 0.3) is 0 Å². The van der Waals surface area contributed by atoms with Crippen molar-refractivity contribution in [1.82, 2.24) is 5.32 Å². The van der Waals surface area contributed by atoms with Gasteiger partial charge in [0, 0.05) is 6.20 Å². The van der Waals surface area contributed by atoms with E-state index >= 15 is 0 Å². The molecule has 1 nitrogen and oxygen atoms in total. The summed E-state index contributed by atoms with van der Waals surface area (Å²) < 4.78 is 0. The molecule has 0 heterocycles. The minimum atomic E-state index is 1.24. The molecule has 0 aromatic heterocycles. The van der Waals surface area contributed by atoms with E-state index in [-0.39, 0.29) is 0 Å². The molecule has 0 aliphatic rings. The van der Waals surface area contributed by atoms with Crippen LogP contribution >= 0.6 is 0 Å². The van der Waals surface area contributed by atoms with Crippen LogP contribution in [0.2, 0.25) is 0 Å². The quantitative estimate of drug-likeness (QED) is 0.614. The molecule has 0 unspecified atom stereocenters. The van der Waals surface area contributed by atoms with Crippen LogP contribution in [0.3, 0.4) is 0 Å². The Morgan fingerprint density at radius 3 is 2.27 bits per heavy atom. The predicted octanol–water partition coefficient (Wildman–Crippen LogP) is 3.23. The first-order chi connectivity index (χ1) is 5.31. The molecule has 0 aromatic carbocycles. The normalized spacial score (nSPS) is 10.4. The maximum absolute atomic E-state index is 3.50. The summed E-state index contributed by atoms with van der Waals surface area (Å²) in [5.74, 6) is 0. The molecule has 1 N–H and O–H groups in total. The second-order valence-corrected chi connectivity index (χ2v) is 1.74. The number of allylic oxidation sites excluding steroid dienone is 3. The van der Waals surface area contributed by atoms with Crippen LogP contribution in [0, 0.1) is 0 Å². The summed E-state index contributed by atoms with van der Waals surface area (Å²) in [5.41, 5.74) is 1.24. The molecule has 0 amide bonds. The lowest BCUT2D eigenvalue weighted by atomic mass is 10.3. The van der Waals surface area contributed by atoms with Gasteiger partial charge in [-0.15, -0.1) is 0 Å². The van der Waals surface area contributed by atoms with Gasteiger partial charge in [0.05, 0.1) is 0 Å². The maximum atomic E-state index is 3.50. The highest BCUT2D eigenvalue weighted by Gasteiger charge is 1.72. The van der Waals surface area contributed by atoms with Gasteiger partial charge in [-0.25, -0.2) is 0 Å². The maximum Gasteiger partial charge on any atom is 0.000671 e. The fourth-order valence-corrected chi connectivity index (χ4v) is 0.344. The molecule has 0 aromatic rings. The van der Waals surface area contributed by atoms with Crippen molar-refractivity contribution in [3.8, 4) is 0 Å². The Kier molecular flexibility index (Phi) is 13.6. The van der Waals surface area contributed by atoms with Gasteiger partial charge in [0.15, 0.2) is 0 Å². The van der Waals surface area contributed by atoms with Gasteiger partial charge >= 0.3 is 0 Å². The Bertz CT molecular complexity index is 132. The Balaban J connectivity index is 0. The zero-order valence-corrected chi connectivity index (χ0v) is 8.02. The van der Waals surface area contributed by atoms with E-state index in [0.29, 0.717) is 0 Å². The van der Waals surface area contributed by atoms with E-state index in [1.54, 1.807) is 6.20 Å². The average Bonchev–Trinajstić information content (AvgIpc) is 2.08. The van der Waals surface area contributed by atoms with Crippen molar-refractivity contribution in [2.75, 3.05) is 0 Å². The Morgan fingerprint density at radius 1 is 1.36 bits per heavy atom. The zero-order chi connectivity index (χ0) is 9.11. The third-order valence-electron chi connectivity index (χ3n) is 1.02. The SMILES string of the molecule is C=CN/C=C\C(C)=C/C.CC. The van der Waals surface area contributed by atoms with Gasteiger partial charge in [-0.05, 0) is 26.1 Å². The third kappa shape index (κ3) is 12.3. The third-order valence-corrected chi connectivity index (χ3v) is 1.02. The monoisotopic (exact) mass is 153 g/mol. The lowest BCUT2D eigenvalue weighted by molar-refractivity contribution is 1.19. The highest BCUT2D eigenvalue weighted by Crippen LogP contribution is 1.90. The first kappa shape index (κ1) is 12.7. The van der Waals surface area contributed by atoms with E-state index in [9.17, 15) is 0 Å². The summed E-state index contributed by atoms with van der Waals surface area (Å²) in [7, 11) is 0. The van der Waals surface area contributed by atoms with E-state index in [2.05, 4.69) is 11.9 Å². The van der Waals surface area contributed by atoms with Crippen LogP contribution in [0.15, 0.2) is 36.7 Å². The average molecular weight is 153 g/mol. The first-order valence-corrected chi connectivity index (χ1v) is 3.97. The fraction of sp³-hybridized carbons (Fsp3) is 0.400. The Hall–Kier alpha value is -0.980. The molecular weight excluding hydrogens is 134 g/mol. The van der Waals surface area contributed by atoms with Gasteiger partial charge in [0.25, 0.3) is 0 Å². The van der Waals surface area contributed by atoms with E-state index in [0.717, 1.165) is 0 Å². The Morgan fingerprint density at radius 2 is 1.91 bits per heavy atom. The summed E-state index contributed by atoms with van der Waals surface area (Å²) in [6, 6.07) is 0. The van der Waals surface area contributed by atoms with Crippen LogP contribution < -0.4 is 5.32 Å². The van der Waals surface area contributed by atoms with Crippen molar-refractivity contribution >= 4 is 0 Å². The topological polar surface area (TPSA) is 12.0 Å². The number of hydrogen-bond donors (Lipinski definition) is 1. The van der Waals surface area contributed by atoms with Crippen LogP contribution in [0.5, 0.6) is 0 Å². The molecule has 0 saturated heterocycles. The van der Waals surface area contributed by atoms with Gasteiger partial charge in [-0.3, -0.25) is 0 Å². The molecule has 0 radical (unpaired) electrons. The number of nitrogens with one attached hydrogen (secondary N) is 1. The zero-order valence-electron chi connectivity index (χ0n) is 8.02. The van der Waals surface area contributed by atoms with E-state index < -0.39 is 0 Å². The molecule has 0 saturated carbocycles. The Labute approximate surface area is 70.5 Å². The molecule has 0 atom stereocenters. The lowest BCUT2D eigenvalue weighted by Gasteiger charge is -1.87. The second kappa shape index (κ2) is 11.8. The summed E-state index contributed by atoms with van der Waals surface area (Å²) in [6.07, 6.45) is 7.52. The fourth-order valence-electron chi connectivity index (χ4n) is 0.344. The molecule has 64 valence electrons. The summed E-state index contributed by atoms with van der Waals surface area (Å²) >= 11 is 0.